The molecule has 1 aliphatic rings. The average Bonchev–Trinajstić information content (AvgIpc) is 3.08. The maximum atomic E-state index is 13.4. The number of benzene rings is 2. The number of halogens is 2. The Hall–Kier alpha value is -3.28. The Morgan fingerprint density at radius 3 is 2.21 bits per heavy atom. The molecule has 0 atom stereocenters. The number of nitrogens with one attached hydrogen (secondary N) is 1. The number of carbonyl (C=O) groups is 1. The van der Waals surface area contributed by atoms with Crippen molar-refractivity contribution in [1.82, 2.24) is 10.3 Å². The number of hydrogen-bond acceptors (Lipinski definition) is 3. The van der Waals surface area contributed by atoms with E-state index in [0.29, 0.717) is 11.3 Å². The third-order valence-corrected chi connectivity index (χ3v) is 6.06. The first-order valence-electron chi connectivity index (χ1n) is 11.5. The standard InChI is InChI=1S/C27H28F2N2O2/c1-18-24(20-10-14-22(29)15-11-20)16-25(26(32)31-23-6-4-2-3-5-7-23)27(30-18)33-17-19-8-12-21(28)13-9-19/h8-16,23H,2-7,17H2,1H3,(H,31,32). The lowest BCUT2D eigenvalue weighted by Gasteiger charge is -2.19. The average molecular weight is 451 g/mol. The van der Waals surface area contributed by atoms with Crippen molar-refractivity contribution in [3.05, 3.63) is 83.1 Å². The quantitative estimate of drug-likeness (QED) is 0.444. The van der Waals surface area contributed by atoms with Gasteiger partial charge in [-0.15, -0.1) is 0 Å². The Morgan fingerprint density at radius 2 is 1.58 bits per heavy atom. The van der Waals surface area contributed by atoms with Crippen molar-refractivity contribution >= 4 is 5.91 Å². The zero-order valence-corrected chi connectivity index (χ0v) is 18.7. The third kappa shape index (κ3) is 5.95. The highest BCUT2D eigenvalue weighted by atomic mass is 19.1. The van der Waals surface area contributed by atoms with Gasteiger partial charge in [-0.3, -0.25) is 4.79 Å². The number of nitrogens with zero attached hydrogens (tertiary/aromatic N) is 1. The Labute approximate surface area is 193 Å². The van der Waals surface area contributed by atoms with Gasteiger partial charge in [0.2, 0.25) is 5.88 Å². The molecule has 1 aliphatic carbocycles. The van der Waals surface area contributed by atoms with E-state index in [1.54, 1.807) is 30.3 Å². The van der Waals surface area contributed by atoms with Crippen molar-refractivity contribution in [3.63, 3.8) is 0 Å². The molecule has 1 amide bonds. The second-order valence-corrected chi connectivity index (χ2v) is 8.56. The van der Waals surface area contributed by atoms with Crippen LogP contribution in [-0.2, 0) is 6.61 Å². The van der Waals surface area contributed by atoms with Crippen LogP contribution in [0, 0.1) is 18.6 Å². The molecule has 4 nitrogen and oxygen atoms in total. The first-order valence-corrected chi connectivity index (χ1v) is 11.5. The van der Waals surface area contributed by atoms with Crippen LogP contribution < -0.4 is 10.1 Å². The van der Waals surface area contributed by atoms with Crippen LogP contribution in [0.15, 0.2) is 54.6 Å². The molecule has 0 radical (unpaired) electrons. The molecule has 0 bridgehead atoms. The van der Waals surface area contributed by atoms with Crippen molar-refractivity contribution in [3.8, 4) is 17.0 Å². The predicted octanol–water partition coefficient (Wildman–Crippen LogP) is 6.37. The monoisotopic (exact) mass is 450 g/mol. The minimum Gasteiger partial charge on any atom is -0.472 e. The number of hydrogen-bond donors (Lipinski definition) is 1. The zero-order valence-electron chi connectivity index (χ0n) is 18.7. The molecule has 6 heteroatoms. The molecular formula is C27H28F2N2O2. The first-order chi connectivity index (χ1) is 16.0. The largest absolute Gasteiger partial charge is 0.472 e. The summed E-state index contributed by atoms with van der Waals surface area (Å²) in [6.45, 7) is 1.99. The second kappa shape index (κ2) is 10.6. The SMILES string of the molecule is Cc1nc(OCc2ccc(F)cc2)c(C(=O)NC2CCCCCC2)cc1-c1ccc(F)cc1. The van der Waals surface area contributed by atoms with Crippen molar-refractivity contribution in [2.75, 3.05) is 0 Å². The highest BCUT2D eigenvalue weighted by Crippen LogP contribution is 2.29. The lowest BCUT2D eigenvalue weighted by atomic mass is 10.0. The molecule has 2 aromatic carbocycles. The zero-order chi connectivity index (χ0) is 23.2. The summed E-state index contributed by atoms with van der Waals surface area (Å²) in [6, 6.07) is 14.0. The van der Waals surface area contributed by atoms with E-state index in [-0.39, 0.29) is 36.1 Å². The molecule has 1 N–H and O–H groups in total. The maximum absolute atomic E-state index is 13.4. The van der Waals surface area contributed by atoms with Crippen molar-refractivity contribution in [2.45, 2.75) is 58.1 Å². The van der Waals surface area contributed by atoms with Gasteiger partial charge in [-0.05, 0) is 61.2 Å². The fourth-order valence-electron chi connectivity index (χ4n) is 4.20. The molecule has 0 unspecified atom stereocenters. The molecule has 1 fully saturated rings. The minimum absolute atomic E-state index is 0.125. The molecule has 1 heterocycles. The van der Waals surface area contributed by atoms with Crippen molar-refractivity contribution < 1.29 is 18.3 Å². The summed E-state index contributed by atoms with van der Waals surface area (Å²) in [4.78, 5) is 17.9. The van der Waals surface area contributed by atoms with Crippen LogP contribution in [0.3, 0.4) is 0 Å². The Kier molecular flexibility index (Phi) is 7.33. The number of carbonyl (C=O) groups excluding carboxylic acids is 1. The topological polar surface area (TPSA) is 51.2 Å². The maximum Gasteiger partial charge on any atom is 0.257 e. The Balaban J connectivity index is 1.64. The first kappa shape index (κ1) is 22.9. The van der Waals surface area contributed by atoms with E-state index in [2.05, 4.69) is 10.3 Å². The smallest absolute Gasteiger partial charge is 0.257 e. The van der Waals surface area contributed by atoms with E-state index in [0.717, 1.165) is 42.4 Å². The van der Waals surface area contributed by atoms with E-state index < -0.39 is 0 Å². The van der Waals surface area contributed by atoms with Gasteiger partial charge in [0.05, 0.1) is 0 Å². The van der Waals surface area contributed by atoms with Gasteiger partial charge in [-0.2, -0.15) is 0 Å². The van der Waals surface area contributed by atoms with E-state index in [9.17, 15) is 13.6 Å². The summed E-state index contributed by atoms with van der Waals surface area (Å²) < 4.78 is 32.6. The number of aromatic nitrogens is 1. The molecule has 0 saturated heterocycles. The van der Waals surface area contributed by atoms with Crippen LogP contribution in [0.2, 0.25) is 0 Å². The summed E-state index contributed by atoms with van der Waals surface area (Å²) in [6.07, 6.45) is 6.51. The van der Waals surface area contributed by atoms with Gasteiger partial charge >= 0.3 is 0 Å². The summed E-state index contributed by atoms with van der Waals surface area (Å²) in [5, 5.41) is 3.16. The molecule has 1 saturated carbocycles. The fraction of sp³-hybridized carbons (Fsp3) is 0.333. The molecule has 1 aromatic heterocycles. The van der Waals surface area contributed by atoms with E-state index in [4.69, 9.17) is 4.74 Å². The molecule has 3 aromatic rings. The summed E-state index contributed by atoms with van der Waals surface area (Å²) in [5.41, 5.74) is 3.30. The molecular weight excluding hydrogens is 422 g/mol. The van der Waals surface area contributed by atoms with Crippen molar-refractivity contribution in [1.29, 1.82) is 0 Å². The van der Waals surface area contributed by atoms with Crippen LogP contribution in [0.25, 0.3) is 11.1 Å². The van der Waals surface area contributed by atoms with Crippen molar-refractivity contribution in [2.24, 2.45) is 0 Å². The molecule has 0 spiro atoms. The summed E-state index contributed by atoms with van der Waals surface area (Å²) >= 11 is 0. The van der Waals surface area contributed by atoms with Gasteiger partial charge in [0.25, 0.3) is 5.91 Å². The molecule has 172 valence electrons. The van der Waals surface area contributed by atoms with Gasteiger partial charge < -0.3 is 10.1 Å². The molecule has 0 aliphatic heterocycles. The van der Waals surface area contributed by atoms with Gasteiger partial charge in [0.1, 0.15) is 23.8 Å². The number of rotatable bonds is 6. The summed E-state index contributed by atoms with van der Waals surface area (Å²) in [5.74, 6) is -0.643. The highest BCUT2D eigenvalue weighted by molar-refractivity contribution is 5.98. The summed E-state index contributed by atoms with van der Waals surface area (Å²) in [7, 11) is 0. The van der Waals surface area contributed by atoms with Gasteiger partial charge in [0.15, 0.2) is 0 Å². The van der Waals surface area contributed by atoms with Crippen LogP contribution >= 0.6 is 0 Å². The number of amides is 1. The van der Waals surface area contributed by atoms with Gasteiger partial charge in [-0.1, -0.05) is 49.9 Å². The lowest BCUT2D eigenvalue weighted by Crippen LogP contribution is -2.34. The third-order valence-electron chi connectivity index (χ3n) is 6.06. The Bertz CT molecular complexity index is 1090. The second-order valence-electron chi connectivity index (χ2n) is 8.56. The van der Waals surface area contributed by atoms with Gasteiger partial charge in [-0.25, -0.2) is 13.8 Å². The van der Waals surface area contributed by atoms with Crippen LogP contribution in [0.5, 0.6) is 5.88 Å². The molecule has 4 rings (SSSR count). The number of ether oxygens (including phenoxy) is 1. The number of aryl methyl sites for hydroxylation is 1. The van der Waals surface area contributed by atoms with Crippen LogP contribution in [0.4, 0.5) is 8.78 Å². The Morgan fingerprint density at radius 1 is 0.970 bits per heavy atom. The van der Waals surface area contributed by atoms with E-state index >= 15 is 0 Å². The van der Waals surface area contributed by atoms with E-state index in [1.165, 1.54) is 37.1 Å². The molecule has 33 heavy (non-hydrogen) atoms. The van der Waals surface area contributed by atoms with E-state index in [1.807, 2.05) is 6.92 Å². The van der Waals surface area contributed by atoms with Crippen LogP contribution in [0.1, 0.15) is 60.1 Å². The fourth-order valence-corrected chi connectivity index (χ4v) is 4.20. The normalized spacial score (nSPS) is 14.5. The number of pyridine rings is 1. The van der Waals surface area contributed by atoms with Gasteiger partial charge in [0, 0.05) is 17.3 Å². The lowest BCUT2D eigenvalue weighted by molar-refractivity contribution is 0.0927. The van der Waals surface area contributed by atoms with Crippen LogP contribution in [-0.4, -0.2) is 16.9 Å². The predicted molar refractivity (Wildman–Crippen MR) is 124 cm³/mol. The minimum atomic E-state index is -0.324. The highest BCUT2D eigenvalue weighted by Gasteiger charge is 2.22.